The summed E-state index contributed by atoms with van der Waals surface area (Å²) in [5.41, 5.74) is -0.665. The predicted molar refractivity (Wildman–Crippen MR) is 69.9 cm³/mol. The summed E-state index contributed by atoms with van der Waals surface area (Å²) in [6, 6.07) is 2.51. The van der Waals surface area contributed by atoms with Crippen molar-refractivity contribution in [1.29, 1.82) is 0 Å². The molecule has 1 heterocycles. The largest absolute Gasteiger partial charge is 0.321 e. The third-order valence-corrected chi connectivity index (χ3v) is 3.67. The van der Waals surface area contributed by atoms with E-state index in [1.807, 2.05) is 0 Å². The number of hydrogen-bond acceptors (Lipinski definition) is 2. The summed E-state index contributed by atoms with van der Waals surface area (Å²) < 4.78 is 27.5. The Morgan fingerprint density at radius 3 is 2.79 bits per heavy atom. The Labute approximate surface area is 111 Å². The van der Waals surface area contributed by atoms with E-state index in [2.05, 4.69) is 10.6 Å². The molecule has 1 aliphatic rings. The van der Waals surface area contributed by atoms with Crippen molar-refractivity contribution in [3.63, 3.8) is 0 Å². The van der Waals surface area contributed by atoms with Crippen LogP contribution in [0, 0.1) is 24.0 Å². The maximum Gasteiger partial charge on any atom is 0.231 e. The lowest BCUT2D eigenvalue weighted by atomic mass is 9.82. The zero-order valence-corrected chi connectivity index (χ0v) is 11.1. The molecule has 3 nitrogen and oxygen atoms in total. The van der Waals surface area contributed by atoms with Gasteiger partial charge in [-0.15, -0.1) is 0 Å². The third-order valence-electron chi connectivity index (χ3n) is 3.67. The molecular formula is C14H18F2N2O. The molecule has 0 radical (unpaired) electrons. The number of anilines is 1. The number of hydrogen-bond donors (Lipinski definition) is 2. The molecule has 0 spiro atoms. The highest BCUT2D eigenvalue weighted by atomic mass is 19.1. The number of halogens is 2. The van der Waals surface area contributed by atoms with Crippen molar-refractivity contribution >= 4 is 11.6 Å². The molecule has 19 heavy (non-hydrogen) atoms. The van der Waals surface area contributed by atoms with Crippen molar-refractivity contribution in [3.8, 4) is 0 Å². The van der Waals surface area contributed by atoms with Crippen LogP contribution >= 0.6 is 0 Å². The van der Waals surface area contributed by atoms with Crippen LogP contribution in [0.3, 0.4) is 0 Å². The summed E-state index contributed by atoms with van der Waals surface area (Å²) in [7, 11) is 0. The second kappa shape index (κ2) is 5.25. The van der Waals surface area contributed by atoms with Gasteiger partial charge in [0.1, 0.15) is 11.5 Å². The van der Waals surface area contributed by atoms with Crippen LogP contribution in [0.25, 0.3) is 0 Å². The first-order valence-corrected chi connectivity index (χ1v) is 6.41. The van der Waals surface area contributed by atoms with Gasteiger partial charge < -0.3 is 10.6 Å². The molecule has 1 saturated heterocycles. The van der Waals surface area contributed by atoms with Gasteiger partial charge in [0.15, 0.2) is 5.82 Å². The molecule has 0 saturated carbocycles. The molecule has 1 aliphatic heterocycles. The highest BCUT2D eigenvalue weighted by Crippen LogP contribution is 2.29. The molecule has 1 amide bonds. The van der Waals surface area contributed by atoms with Gasteiger partial charge in [0.2, 0.25) is 5.91 Å². The topological polar surface area (TPSA) is 41.1 Å². The lowest BCUT2D eigenvalue weighted by Gasteiger charge is -2.32. The van der Waals surface area contributed by atoms with Crippen LogP contribution in [-0.4, -0.2) is 19.0 Å². The van der Waals surface area contributed by atoms with E-state index in [1.54, 1.807) is 6.92 Å². The van der Waals surface area contributed by atoms with Crippen LogP contribution in [-0.2, 0) is 4.79 Å². The molecule has 1 aromatic rings. The molecule has 2 rings (SSSR count). The second-order valence-electron chi connectivity index (χ2n) is 5.35. The van der Waals surface area contributed by atoms with Crippen molar-refractivity contribution in [2.24, 2.45) is 5.41 Å². The highest BCUT2D eigenvalue weighted by Gasteiger charge is 2.35. The van der Waals surface area contributed by atoms with Gasteiger partial charge in [0, 0.05) is 6.54 Å². The monoisotopic (exact) mass is 268 g/mol. The summed E-state index contributed by atoms with van der Waals surface area (Å²) >= 11 is 0. The predicted octanol–water partition coefficient (Wildman–Crippen LogP) is 2.60. The number of benzene rings is 1. The lowest BCUT2D eigenvalue weighted by Crippen LogP contribution is -2.46. The number of carbonyl (C=O) groups is 1. The Morgan fingerprint density at radius 1 is 1.42 bits per heavy atom. The van der Waals surface area contributed by atoms with Gasteiger partial charge in [-0.05, 0) is 44.9 Å². The lowest BCUT2D eigenvalue weighted by molar-refractivity contribution is -0.125. The number of piperidine rings is 1. The molecule has 0 bridgehead atoms. The van der Waals surface area contributed by atoms with Gasteiger partial charge in [-0.2, -0.15) is 0 Å². The smallest absolute Gasteiger partial charge is 0.231 e. The zero-order chi connectivity index (χ0) is 14.0. The van der Waals surface area contributed by atoms with Crippen molar-refractivity contribution < 1.29 is 13.6 Å². The number of amides is 1. The van der Waals surface area contributed by atoms with E-state index >= 15 is 0 Å². The van der Waals surface area contributed by atoms with Crippen LogP contribution in [0.5, 0.6) is 0 Å². The third kappa shape index (κ3) is 2.76. The first-order chi connectivity index (χ1) is 8.94. The average Bonchev–Trinajstić information content (AvgIpc) is 2.40. The molecule has 2 N–H and O–H groups in total. The van der Waals surface area contributed by atoms with Crippen LogP contribution in [0.2, 0.25) is 0 Å². The SMILES string of the molecule is Cc1ccc(F)c(NC(=O)C2(C)CCCNC2)c1F. The van der Waals surface area contributed by atoms with E-state index in [0.717, 1.165) is 19.0 Å². The van der Waals surface area contributed by atoms with E-state index in [-0.39, 0.29) is 11.6 Å². The molecule has 1 fully saturated rings. The fourth-order valence-electron chi connectivity index (χ4n) is 2.29. The summed E-state index contributed by atoms with van der Waals surface area (Å²) in [4.78, 5) is 12.2. The van der Waals surface area contributed by atoms with Crippen molar-refractivity contribution in [2.45, 2.75) is 26.7 Å². The normalized spacial score (nSPS) is 23.2. The molecule has 5 heteroatoms. The summed E-state index contributed by atoms with van der Waals surface area (Å²) in [5, 5.41) is 5.53. The number of nitrogens with one attached hydrogen (secondary N) is 2. The fraction of sp³-hybridized carbons (Fsp3) is 0.500. The van der Waals surface area contributed by atoms with Crippen molar-refractivity contribution in [1.82, 2.24) is 5.32 Å². The molecule has 1 aromatic carbocycles. The van der Waals surface area contributed by atoms with Gasteiger partial charge in [0.05, 0.1) is 5.41 Å². The summed E-state index contributed by atoms with van der Waals surface area (Å²) in [6.45, 7) is 4.73. The summed E-state index contributed by atoms with van der Waals surface area (Å²) in [5.74, 6) is -1.80. The number of carbonyl (C=O) groups excluding carboxylic acids is 1. The van der Waals surface area contributed by atoms with E-state index in [9.17, 15) is 13.6 Å². The maximum absolute atomic E-state index is 13.8. The van der Waals surface area contributed by atoms with Crippen LogP contribution in [0.4, 0.5) is 14.5 Å². The number of aryl methyl sites for hydroxylation is 1. The minimum Gasteiger partial charge on any atom is -0.321 e. The van der Waals surface area contributed by atoms with Gasteiger partial charge in [-0.25, -0.2) is 8.78 Å². The Bertz CT molecular complexity index is 496. The Balaban J connectivity index is 2.21. The van der Waals surface area contributed by atoms with Crippen molar-refractivity contribution in [3.05, 3.63) is 29.3 Å². The quantitative estimate of drug-likeness (QED) is 0.865. The fourth-order valence-corrected chi connectivity index (χ4v) is 2.29. The standard InChI is InChI=1S/C14H18F2N2O/c1-9-4-5-10(15)12(11(9)16)18-13(19)14(2)6-3-7-17-8-14/h4-5,17H,3,6-8H2,1-2H3,(H,18,19). The minimum absolute atomic E-state index is 0.309. The number of rotatable bonds is 2. The first-order valence-electron chi connectivity index (χ1n) is 6.41. The minimum atomic E-state index is -0.746. The first kappa shape index (κ1) is 13.9. The van der Waals surface area contributed by atoms with E-state index < -0.39 is 17.0 Å². The van der Waals surface area contributed by atoms with Gasteiger partial charge in [-0.3, -0.25) is 4.79 Å². The molecule has 0 aromatic heterocycles. The molecule has 0 aliphatic carbocycles. The molecule has 104 valence electrons. The Hall–Kier alpha value is -1.49. The maximum atomic E-state index is 13.8. The average molecular weight is 268 g/mol. The van der Waals surface area contributed by atoms with E-state index in [4.69, 9.17) is 0 Å². The molecule has 1 atom stereocenters. The highest BCUT2D eigenvalue weighted by molar-refractivity contribution is 5.95. The van der Waals surface area contributed by atoms with Crippen LogP contribution < -0.4 is 10.6 Å². The van der Waals surface area contributed by atoms with Crippen LogP contribution in [0.1, 0.15) is 25.3 Å². The Kier molecular flexibility index (Phi) is 3.85. The van der Waals surface area contributed by atoms with Crippen LogP contribution in [0.15, 0.2) is 12.1 Å². The summed E-state index contributed by atoms with van der Waals surface area (Å²) in [6.07, 6.45) is 1.59. The molecular weight excluding hydrogens is 250 g/mol. The van der Waals surface area contributed by atoms with Gasteiger partial charge in [-0.1, -0.05) is 6.07 Å². The van der Waals surface area contributed by atoms with Crippen molar-refractivity contribution in [2.75, 3.05) is 18.4 Å². The zero-order valence-electron chi connectivity index (χ0n) is 11.1. The Morgan fingerprint density at radius 2 is 2.16 bits per heavy atom. The van der Waals surface area contributed by atoms with E-state index in [0.29, 0.717) is 18.5 Å². The van der Waals surface area contributed by atoms with Gasteiger partial charge in [0.25, 0.3) is 0 Å². The van der Waals surface area contributed by atoms with E-state index in [1.165, 1.54) is 13.0 Å². The second-order valence-corrected chi connectivity index (χ2v) is 5.35. The van der Waals surface area contributed by atoms with Gasteiger partial charge >= 0.3 is 0 Å². The molecule has 1 unspecified atom stereocenters.